The van der Waals surface area contributed by atoms with Crippen LogP contribution in [0, 0.1) is 11.2 Å². The number of amides is 2. The Kier molecular flexibility index (Phi) is 7.47. The van der Waals surface area contributed by atoms with Crippen LogP contribution >= 0.6 is 0 Å². The Bertz CT molecular complexity index is 900. The van der Waals surface area contributed by atoms with Crippen LogP contribution in [0.4, 0.5) is 4.39 Å². The third-order valence-electron chi connectivity index (χ3n) is 6.12. The van der Waals surface area contributed by atoms with E-state index in [1.54, 1.807) is 12.1 Å². The monoisotopic (exact) mass is 424 g/mol. The molecule has 3 rings (SSSR count). The lowest BCUT2D eigenvalue weighted by atomic mass is 9.72. The van der Waals surface area contributed by atoms with Crippen LogP contribution in [-0.4, -0.2) is 35.8 Å². The predicted molar refractivity (Wildman–Crippen MR) is 122 cm³/mol. The number of benzene rings is 2. The summed E-state index contributed by atoms with van der Waals surface area (Å²) in [7, 11) is 0. The lowest BCUT2D eigenvalue weighted by Crippen LogP contribution is -2.52. The fourth-order valence-electron chi connectivity index (χ4n) is 4.34. The smallest absolute Gasteiger partial charge is 0.226 e. The maximum Gasteiger partial charge on any atom is 0.226 e. The van der Waals surface area contributed by atoms with E-state index in [0.717, 1.165) is 17.5 Å². The molecule has 0 atom stereocenters. The molecule has 0 spiro atoms. The van der Waals surface area contributed by atoms with E-state index in [-0.39, 0.29) is 23.7 Å². The maximum atomic E-state index is 14.1. The number of carbonyl (C=O) groups excluding carboxylic acids is 2. The molecule has 2 aromatic rings. The van der Waals surface area contributed by atoms with Gasteiger partial charge in [0.15, 0.2) is 0 Å². The second kappa shape index (κ2) is 10.1. The molecule has 0 bridgehead atoms. The number of halogens is 1. The second-order valence-electron chi connectivity index (χ2n) is 8.89. The van der Waals surface area contributed by atoms with Crippen molar-refractivity contribution in [3.63, 3.8) is 0 Å². The van der Waals surface area contributed by atoms with Crippen molar-refractivity contribution < 1.29 is 14.0 Å². The molecule has 1 saturated heterocycles. The van der Waals surface area contributed by atoms with Gasteiger partial charge in [-0.2, -0.15) is 0 Å². The molecule has 1 fully saturated rings. The number of nitrogens with zero attached hydrogens (tertiary/aromatic N) is 1. The van der Waals surface area contributed by atoms with Crippen LogP contribution in [0.3, 0.4) is 0 Å². The molecule has 1 N–H and O–H groups in total. The van der Waals surface area contributed by atoms with Crippen LogP contribution < -0.4 is 5.32 Å². The molecule has 1 aliphatic rings. The molecule has 0 aliphatic carbocycles. The van der Waals surface area contributed by atoms with E-state index in [9.17, 15) is 14.0 Å². The van der Waals surface area contributed by atoms with Crippen LogP contribution in [-0.2, 0) is 16.0 Å². The topological polar surface area (TPSA) is 49.4 Å². The summed E-state index contributed by atoms with van der Waals surface area (Å²) in [5, 5.41) is 3.10. The Hall–Kier alpha value is -2.69. The first-order chi connectivity index (χ1) is 14.8. The molecule has 1 aliphatic heterocycles. The van der Waals surface area contributed by atoms with Crippen molar-refractivity contribution in [2.75, 3.05) is 13.1 Å². The van der Waals surface area contributed by atoms with Gasteiger partial charge in [0.05, 0.1) is 5.41 Å². The SMILES string of the molecule is CCCC(=O)N1CCC(Cc2ccc(-c3ccccc3F)cc2)(C(=O)NC(C)C)CC1. The molecule has 1 heterocycles. The first kappa shape index (κ1) is 23.0. The highest BCUT2D eigenvalue weighted by Crippen LogP contribution is 2.36. The average molecular weight is 425 g/mol. The lowest BCUT2D eigenvalue weighted by Gasteiger charge is -2.41. The number of piperidine rings is 1. The molecule has 166 valence electrons. The molecule has 0 unspecified atom stereocenters. The molecule has 31 heavy (non-hydrogen) atoms. The van der Waals surface area contributed by atoms with Gasteiger partial charge in [0.1, 0.15) is 5.82 Å². The summed E-state index contributed by atoms with van der Waals surface area (Å²) < 4.78 is 14.1. The molecule has 0 radical (unpaired) electrons. The third kappa shape index (κ3) is 5.52. The summed E-state index contributed by atoms with van der Waals surface area (Å²) in [5.74, 6) is -0.00923. The molecular weight excluding hydrogens is 391 g/mol. The predicted octanol–water partition coefficient (Wildman–Crippen LogP) is 4.97. The number of hydrogen-bond donors (Lipinski definition) is 1. The first-order valence-corrected chi connectivity index (χ1v) is 11.3. The Morgan fingerprint density at radius 2 is 1.71 bits per heavy atom. The molecule has 2 amide bonds. The fourth-order valence-corrected chi connectivity index (χ4v) is 4.34. The van der Waals surface area contributed by atoms with E-state index in [4.69, 9.17) is 0 Å². The minimum atomic E-state index is -0.535. The van der Waals surface area contributed by atoms with Gasteiger partial charge in [0.25, 0.3) is 0 Å². The van der Waals surface area contributed by atoms with Gasteiger partial charge >= 0.3 is 0 Å². The summed E-state index contributed by atoms with van der Waals surface area (Å²) in [6.07, 6.45) is 3.30. The van der Waals surface area contributed by atoms with Crippen LogP contribution in [0.2, 0.25) is 0 Å². The highest BCUT2D eigenvalue weighted by atomic mass is 19.1. The zero-order valence-electron chi connectivity index (χ0n) is 18.8. The summed E-state index contributed by atoms with van der Waals surface area (Å²) in [5.41, 5.74) is 1.91. The van der Waals surface area contributed by atoms with Crippen LogP contribution in [0.5, 0.6) is 0 Å². The molecule has 0 aromatic heterocycles. The van der Waals surface area contributed by atoms with Crippen LogP contribution in [0.15, 0.2) is 48.5 Å². The van der Waals surface area contributed by atoms with E-state index in [2.05, 4.69) is 5.32 Å². The van der Waals surface area contributed by atoms with Gasteiger partial charge < -0.3 is 10.2 Å². The number of carbonyl (C=O) groups is 2. The minimum Gasteiger partial charge on any atom is -0.353 e. The van der Waals surface area contributed by atoms with Crippen LogP contribution in [0.25, 0.3) is 11.1 Å². The summed E-state index contributed by atoms with van der Waals surface area (Å²) in [6.45, 7) is 7.16. The van der Waals surface area contributed by atoms with Crippen LogP contribution in [0.1, 0.15) is 52.0 Å². The van der Waals surface area contributed by atoms with Gasteiger partial charge in [0.2, 0.25) is 11.8 Å². The molecular formula is C26H33FN2O2. The van der Waals surface area contributed by atoms with Gasteiger partial charge in [-0.25, -0.2) is 4.39 Å². The quantitative estimate of drug-likeness (QED) is 0.682. The summed E-state index contributed by atoms with van der Waals surface area (Å²) in [4.78, 5) is 27.4. The van der Waals surface area contributed by atoms with Gasteiger partial charge in [-0.15, -0.1) is 0 Å². The van der Waals surface area contributed by atoms with Gasteiger partial charge in [0, 0.05) is 31.1 Å². The Balaban J connectivity index is 1.79. The molecule has 0 saturated carbocycles. The number of hydrogen-bond acceptors (Lipinski definition) is 2. The molecule has 4 nitrogen and oxygen atoms in total. The van der Waals surface area contributed by atoms with E-state index in [1.165, 1.54) is 6.07 Å². The highest BCUT2D eigenvalue weighted by molar-refractivity contribution is 5.84. The van der Waals surface area contributed by atoms with Crippen molar-refractivity contribution in [2.24, 2.45) is 5.41 Å². The highest BCUT2D eigenvalue weighted by Gasteiger charge is 2.42. The van der Waals surface area contributed by atoms with E-state index < -0.39 is 5.41 Å². The summed E-state index contributed by atoms with van der Waals surface area (Å²) >= 11 is 0. The van der Waals surface area contributed by atoms with E-state index in [0.29, 0.717) is 44.3 Å². The van der Waals surface area contributed by atoms with Gasteiger partial charge in [-0.05, 0) is 56.7 Å². The lowest BCUT2D eigenvalue weighted by molar-refractivity contribution is -0.141. The largest absolute Gasteiger partial charge is 0.353 e. The van der Waals surface area contributed by atoms with Gasteiger partial charge in [-0.3, -0.25) is 9.59 Å². The van der Waals surface area contributed by atoms with E-state index in [1.807, 2.05) is 56.0 Å². The third-order valence-corrected chi connectivity index (χ3v) is 6.12. The van der Waals surface area contributed by atoms with Crippen molar-refractivity contribution in [3.05, 3.63) is 59.9 Å². The fraction of sp³-hybridized carbons (Fsp3) is 0.462. The van der Waals surface area contributed by atoms with Gasteiger partial charge in [-0.1, -0.05) is 49.4 Å². The summed E-state index contributed by atoms with van der Waals surface area (Å²) in [6, 6.07) is 14.6. The average Bonchev–Trinajstić information content (AvgIpc) is 2.75. The van der Waals surface area contributed by atoms with Crippen molar-refractivity contribution >= 4 is 11.8 Å². The Labute approximate surface area is 184 Å². The second-order valence-corrected chi connectivity index (χ2v) is 8.89. The number of nitrogens with one attached hydrogen (secondary N) is 1. The zero-order valence-corrected chi connectivity index (χ0v) is 18.8. The molecule has 5 heteroatoms. The van der Waals surface area contributed by atoms with Crippen molar-refractivity contribution in [2.45, 2.75) is 58.9 Å². The number of rotatable bonds is 7. The first-order valence-electron chi connectivity index (χ1n) is 11.3. The maximum absolute atomic E-state index is 14.1. The Morgan fingerprint density at radius 3 is 2.29 bits per heavy atom. The Morgan fingerprint density at radius 1 is 1.06 bits per heavy atom. The zero-order chi connectivity index (χ0) is 22.4. The van der Waals surface area contributed by atoms with Crippen molar-refractivity contribution in [3.8, 4) is 11.1 Å². The van der Waals surface area contributed by atoms with Crippen molar-refractivity contribution in [1.82, 2.24) is 10.2 Å². The van der Waals surface area contributed by atoms with Crippen molar-refractivity contribution in [1.29, 1.82) is 0 Å². The number of likely N-dealkylation sites (tertiary alicyclic amines) is 1. The van der Waals surface area contributed by atoms with E-state index >= 15 is 0 Å². The molecule has 2 aromatic carbocycles. The standard InChI is InChI=1S/C26H33FN2O2/c1-4-7-24(30)29-16-14-26(15-17-29,25(31)28-19(2)3)18-20-10-12-21(13-11-20)22-8-5-6-9-23(22)27/h5-6,8-13,19H,4,7,14-18H2,1-3H3,(H,28,31). The normalized spacial score (nSPS) is 15.7. The minimum absolute atomic E-state index is 0.0586.